The molecule has 0 unspecified atom stereocenters. The molecule has 1 aromatic rings. The van der Waals surface area contributed by atoms with E-state index in [-0.39, 0.29) is 12.1 Å². The van der Waals surface area contributed by atoms with E-state index in [2.05, 4.69) is 14.8 Å². The van der Waals surface area contributed by atoms with Crippen LogP contribution in [0.2, 0.25) is 0 Å². The lowest BCUT2D eigenvalue weighted by molar-refractivity contribution is 0.0796. The van der Waals surface area contributed by atoms with Crippen molar-refractivity contribution in [3.8, 4) is 0 Å². The van der Waals surface area contributed by atoms with Gasteiger partial charge in [-0.2, -0.15) is 0 Å². The SMILES string of the molecule is CN(C)CCN(C[C@H]1CCCO1)C(=O)NCCn1cccc1. The predicted molar refractivity (Wildman–Crippen MR) is 86.9 cm³/mol. The molecule has 1 atom stereocenters. The Labute approximate surface area is 133 Å². The van der Waals surface area contributed by atoms with E-state index in [4.69, 9.17) is 4.74 Å². The van der Waals surface area contributed by atoms with Crippen LogP contribution in [0.5, 0.6) is 0 Å². The van der Waals surface area contributed by atoms with Crippen LogP contribution in [0.1, 0.15) is 12.8 Å². The minimum Gasteiger partial charge on any atom is -0.376 e. The molecule has 1 aliphatic heterocycles. The third-order valence-electron chi connectivity index (χ3n) is 3.86. The molecular formula is C16H28N4O2. The normalized spacial score (nSPS) is 17.9. The van der Waals surface area contributed by atoms with Gasteiger partial charge in [0.05, 0.1) is 6.10 Å². The van der Waals surface area contributed by atoms with Crippen LogP contribution in [-0.2, 0) is 11.3 Å². The standard InChI is InChI=1S/C16H28N4O2/c1-18(2)11-12-20(14-15-6-5-13-22-15)16(21)17-7-10-19-8-3-4-9-19/h3-4,8-9,15H,5-7,10-14H2,1-2H3,(H,17,21)/t15-/m1/s1. The summed E-state index contributed by atoms with van der Waals surface area (Å²) >= 11 is 0. The zero-order valence-corrected chi connectivity index (χ0v) is 13.7. The maximum absolute atomic E-state index is 12.4. The summed E-state index contributed by atoms with van der Waals surface area (Å²) in [7, 11) is 4.04. The van der Waals surface area contributed by atoms with Crippen molar-refractivity contribution < 1.29 is 9.53 Å². The number of nitrogens with zero attached hydrogens (tertiary/aromatic N) is 3. The van der Waals surface area contributed by atoms with Gasteiger partial charge in [-0.25, -0.2) is 4.79 Å². The van der Waals surface area contributed by atoms with Gasteiger partial charge >= 0.3 is 6.03 Å². The summed E-state index contributed by atoms with van der Waals surface area (Å²) < 4.78 is 7.72. The van der Waals surface area contributed by atoms with Crippen molar-refractivity contribution >= 4 is 6.03 Å². The Morgan fingerprint density at radius 1 is 1.32 bits per heavy atom. The summed E-state index contributed by atoms with van der Waals surface area (Å²) in [6.45, 7) is 4.52. The van der Waals surface area contributed by atoms with Gasteiger partial charge in [-0.15, -0.1) is 0 Å². The van der Waals surface area contributed by atoms with Gasteiger partial charge in [-0.1, -0.05) is 0 Å². The van der Waals surface area contributed by atoms with Crippen LogP contribution in [0, 0.1) is 0 Å². The Hall–Kier alpha value is -1.53. The summed E-state index contributed by atoms with van der Waals surface area (Å²) in [5.41, 5.74) is 0. The van der Waals surface area contributed by atoms with E-state index in [9.17, 15) is 4.79 Å². The van der Waals surface area contributed by atoms with Crippen molar-refractivity contribution in [2.75, 3.05) is 46.9 Å². The Morgan fingerprint density at radius 2 is 2.09 bits per heavy atom. The quantitative estimate of drug-likeness (QED) is 0.786. The van der Waals surface area contributed by atoms with E-state index in [0.717, 1.165) is 39.1 Å². The molecule has 1 aromatic heterocycles. The summed E-state index contributed by atoms with van der Waals surface area (Å²) in [4.78, 5) is 16.4. The van der Waals surface area contributed by atoms with E-state index in [1.54, 1.807) is 0 Å². The highest BCUT2D eigenvalue weighted by Crippen LogP contribution is 2.13. The van der Waals surface area contributed by atoms with Crippen LogP contribution in [0.4, 0.5) is 4.79 Å². The van der Waals surface area contributed by atoms with Crippen molar-refractivity contribution in [3.63, 3.8) is 0 Å². The first-order chi connectivity index (χ1) is 10.6. The molecule has 2 heterocycles. The molecular weight excluding hydrogens is 280 g/mol. The number of carbonyl (C=O) groups excluding carboxylic acids is 1. The van der Waals surface area contributed by atoms with Crippen molar-refractivity contribution in [1.29, 1.82) is 0 Å². The summed E-state index contributed by atoms with van der Waals surface area (Å²) in [5.74, 6) is 0. The molecule has 2 amide bonds. The minimum absolute atomic E-state index is 0.00417. The highest BCUT2D eigenvalue weighted by atomic mass is 16.5. The summed E-state index contributed by atoms with van der Waals surface area (Å²) in [6, 6.07) is 3.98. The molecule has 0 aliphatic carbocycles. The molecule has 6 heteroatoms. The van der Waals surface area contributed by atoms with Gasteiger partial charge in [0.15, 0.2) is 0 Å². The molecule has 6 nitrogen and oxygen atoms in total. The number of aromatic nitrogens is 1. The Balaban J connectivity index is 1.78. The lowest BCUT2D eigenvalue weighted by atomic mass is 10.2. The molecule has 2 rings (SSSR count). The molecule has 0 spiro atoms. The van der Waals surface area contributed by atoms with Crippen molar-refractivity contribution in [2.45, 2.75) is 25.5 Å². The van der Waals surface area contributed by atoms with Gasteiger partial charge in [0, 0.05) is 51.7 Å². The number of nitrogens with one attached hydrogen (secondary N) is 1. The molecule has 1 saturated heterocycles. The topological polar surface area (TPSA) is 49.7 Å². The number of rotatable bonds is 8. The number of likely N-dealkylation sites (N-methyl/N-ethyl adjacent to an activating group) is 1. The van der Waals surface area contributed by atoms with Crippen LogP contribution in [-0.4, -0.2) is 73.4 Å². The van der Waals surface area contributed by atoms with Gasteiger partial charge in [-0.05, 0) is 39.1 Å². The van der Waals surface area contributed by atoms with Crippen LogP contribution in [0.25, 0.3) is 0 Å². The van der Waals surface area contributed by atoms with Gasteiger partial charge in [0.25, 0.3) is 0 Å². The first kappa shape index (κ1) is 16.8. The van der Waals surface area contributed by atoms with Crippen LogP contribution < -0.4 is 5.32 Å². The second-order valence-electron chi connectivity index (χ2n) is 6.04. The largest absolute Gasteiger partial charge is 0.376 e. The molecule has 124 valence electrons. The molecule has 1 N–H and O–H groups in total. The second-order valence-corrected chi connectivity index (χ2v) is 6.04. The van der Waals surface area contributed by atoms with E-state index < -0.39 is 0 Å². The smallest absolute Gasteiger partial charge is 0.317 e. The molecule has 1 aliphatic rings. The van der Waals surface area contributed by atoms with Crippen LogP contribution >= 0.6 is 0 Å². The van der Waals surface area contributed by atoms with Gasteiger partial charge in [-0.3, -0.25) is 0 Å². The zero-order valence-electron chi connectivity index (χ0n) is 13.7. The lowest BCUT2D eigenvalue weighted by Gasteiger charge is -2.27. The van der Waals surface area contributed by atoms with E-state index in [1.165, 1.54) is 0 Å². The molecule has 0 aromatic carbocycles. The zero-order chi connectivity index (χ0) is 15.8. The number of amides is 2. The van der Waals surface area contributed by atoms with E-state index >= 15 is 0 Å². The fourth-order valence-corrected chi connectivity index (χ4v) is 2.55. The second kappa shape index (κ2) is 8.80. The Morgan fingerprint density at radius 3 is 2.73 bits per heavy atom. The number of hydrogen-bond donors (Lipinski definition) is 1. The van der Waals surface area contributed by atoms with Gasteiger partial charge in [0.1, 0.15) is 0 Å². The Kier molecular flexibility index (Phi) is 6.74. The maximum atomic E-state index is 12.4. The minimum atomic E-state index is 0.00417. The first-order valence-electron chi connectivity index (χ1n) is 8.05. The number of urea groups is 1. The fraction of sp³-hybridized carbons (Fsp3) is 0.688. The van der Waals surface area contributed by atoms with Crippen molar-refractivity contribution in [1.82, 2.24) is 19.7 Å². The Bertz CT molecular complexity index is 427. The average molecular weight is 308 g/mol. The number of ether oxygens (including phenoxy) is 1. The van der Waals surface area contributed by atoms with E-state index in [0.29, 0.717) is 13.1 Å². The van der Waals surface area contributed by atoms with Crippen LogP contribution in [0.3, 0.4) is 0 Å². The molecule has 22 heavy (non-hydrogen) atoms. The number of hydrogen-bond acceptors (Lipinski definition) is 3. The lowest BCUT2D eigenvalue weighted by Crippen LogP contribution is -2.47. The summed E-state index contributed by atoms with van der Waals surface area (Å²) in [5, 5.41) is 3.01. The predicted octanol–water partition coefficient (Wildman–Crippen LogP) is 1.24. The van der Waals surface area contributed by atoms with Gasteiger partial charge < -0.3 is 24.4 Å². The molecule has 1 fully saturated rings. The maximum Gasteiger partial charge on any atom is 0.317 e. The van der Waals surface area contributed by atoms with Gasteiger partial charge in [0.2, 0.25) is 0 Å². The van der Waals surface area contributed by atoms with Crippen LogP contribution in [0.15, 0.2) is 24.5 Å². The first-order valence-corrected chi connectivity index (χ1v) is 8.05. The third kappa shape index (κ3) is 5.69. The van der Waals surface area contributed by atoms with E-state index in [1.807, 2.05) is 43.5 Å². The van der Waals surface area contributed by atoms with Crippen molar-refractivity contribution in [2.24, 2.45) is 0 Å². The summed E-state index contributed by atoms with van der Waals surface area (Å²) in [6.07, 6.45) is 6.35. The molecule has 0 bridgehead atoms. The average Bonchev–Trinajstić information content (AvgIpc) is 3.16. The fourth-order valence-electron chi connectivity index (χ4n) is 2.55. The molecule has 0 radical (unpaired) electrons. The molecule has 0 saturated carbocycles. The monoisotopic (exact) mass is 308 g/mol. The third-order valence-corrected chi connectivity index (χ3v) is 3.86. The number of carbonyl (C=O) groups is 1. The highest BCUT2D eigenvalue weighted by Gasteiger charge is 2.22. The van der Waals surface area contributed by atoms with Crippen molar-refractivity contribution in [3.05, 3.63) is 24.5 Å². The highest BCUT2D eigenvalue weighted by molar-refractivity contribution is 5.74.